The summed E-state index contributed by atoms with van der Waals surface area (Å²) in [7, 11) is -6.87. The molecule has 0 aromatic carbocycles. The zero-order chi connectivity index (χ0) is 28.5. The van der Waals surface area contributed by atoms with Crippen LogP contribution >= 0.6 is 0 Å². The summed E-state index contributed by atoms with van der Waals surface area (Å²) in [6.45, 7) is 30.4. The van der Waals surface area contributed by atoms with E-state index in [4.69, 9.17) is 17.7 Å². The van der Waals surface area contributed by atoms with Crippen LogP contribution in [-0.4, -0.2) is 57.4 Å². The maximum absolute atomic E-state index is 12.5. The van der Waals surface area contributed by atoms with E-state index in [1.807, 2.05) is 27.7 Å². The SMILES string of the molecule is CC(C)C(CC[Si](C)(C)O[Si](C)(C)C)OC(=O)/C=C/C(=O)OC(CC[Si](C)(C)O[Si](C)(C)C)C(C)C. The van der Waals surface area contributed by atoms with Crippen molar-refractivity contribution in [1.82, 2.24) is 0 Å². The lowest BCUT2D eigenvalue weighted by molar-refractivity contribution is -0.148. The molecule has 2 unspecified atom stereocenters. The van der Waals surface area contributed by atoms with Crippen LogP contribution in [0.4, 0.5) is 0 Å². The van der Waals surface area contributed by atoms with Crippen molar-refractivity contribution in [3.8, 4) is 0 Å². The zero-order valence-electron chi connectivity index (χ0n) is 25.7. The van der Waals surface area contributed by atoms with E-state index >= 15 is 0 Å². The molecule has 10 heteroatoms. The first-order valence-electron chi connectivity index (χ1n) is 13.5. The fourth-order valence-corrected chi connectivity index (χ4v) is 20.3. The van der Waals surface area contributed by atoms with E-state index < -0.39 is 45.2 Å². The van der Waals surface area contributed by atoms with Crippen LogP contribution in [0, 0.1) is 11.8 Å². The normalized spacial score (nSPS) is 15.4. The minimum Gasteiger partial charge on any atom is -0.459 e. The molecule has 0 aliphatic heterocycles. The molecule has 0 amide bonds. The number of rotatable bonds is 16. The Labute approximate surface area is 226 Å². The predicted molar refractivity (Wildman–Crippen MR) is 161 cm³/mol. The number of carbonyl (C=O) groups excluding carboxylic acids is 2. The van der Waals surface area contributed by atoms with Crippen LogP contribution in [0.2, 0.25) is 77.6 Å². The zero-order valence-corrected chi connectivity index (χ0v) is 29.7. The van der Waals surface area contributed by atoms with Gasteiger partial charge in [0.15, 0.2) is 33.3 Å². The quantitative estimate of drug-likeness (QED) is 0.107. The minimum atomic E-state index is -1.82. The van der Waals surface area contributed by atoms with E-state index in [1.54, 1.807) is 0 Å². The van der Waals surface area contributed by atoms with Gasteiger partial charge in [-0.25, -0.2) is 9.59 Å². The van der Waals surface area contributed by atoms with E-state index in [9.17, 15) is 9.59 Å². The third kappa shape index (κ3) is 17.8. The van der Waals surface area contributed by atoms with Gasteiger partial charge < -0.3 is 17.7 Å². The molecule has 0 saturated heterocycles. The number of hydrogen-bond donors (Lipinski definition) is 0. The standard InChI is InChI=1S/C26H56O6Si4/c1-21(2)23(17-19-35(11,12)31-33(5,6)7)29-25(27)15-16-26(28)30-24(22(3)4)18-20-36(13,14)32-34(8,9)10/h15-16,21-24H,17-20H2,1-14H3/b16-15+. The summed E-state index contributed by atoms with van der Waals surface area (Å²) >= 11 is 0. The van der Waals surface area contributed by atoms with Crippen molar-refractivity contribution in [1.29, 1.82) is 0 Å². The first-order valence-corrected chi connectivity index (χ1v) is 26.6. The smallest absolute Gasteiger partial charge is 0.331 e. The maximum Gasteiger partial charge on any atom is 0.331 e. The van der Waals surface area contributed by atoms with Gasteiger partial charge in [-0.3, -0.25) is 0 Å². The average Bonchev–Trinajstić information content (AvgIpc) is 2.62. The Morgan fingerprint density at radius 3 is 1.08 bits per heavy atom. The molecular formula is C26H56O6Si4. The molecule has 0 rings (SSSR count). The fraction of sp³-hybridized carbons (Fsp3) is 0.846. The van der Waals surface area contributed by atoms with Crippen LogP contribution in [0.3, 0.4) is 0 Å². The van der Waals surface area contributed by atoms with Crippen LogP contribution in [0.25, 0.3) is 0 Å². The molecule has 0 saturated carbocycles. The van der Waals surface area contributed by atoms with E-state index in [2.05, 4.69) is 65.5 Å². The average molecular weight is 577 g/mol. The number of carbonyl (C=O) groups is 2. The molecule has 0 aromatic heterocycles. The first-order chi connectivity index (χ1) is 16.0. The summed E-state index contributed by atoms with van der Waals surface area (Å²) in [6.07, 6.45) is 3.50. The van der Waals surface area contributed by atoms with Gasteiger partial charge in [-0.2, -0.15) is 0 Å². The number of hydrogen-bond acceptors (Lipinski definition) is 6. The third-order valence-electron chi connectivity index (χ3n) is 5.60. The van der Waals surface area contributed by atoms with Crippen LogP contribution in [0.1, 0.15) is 40.5 Å². The molecule has 0 fully saturated rings. The molecule has 0 heterocycles. The van der Waals surface area contributed by atoms with Crippen LogP contribution in [-0.2, 0) is 27.3 Å². The van der Waals surface area contributed by atoms with Crippen molar-refractivity contribution < 1.29 is 27.3 Å². The predicted octanol–water partition coefficient (Wildman–Crippen LogP) is 7.57. The van der Waals surface area contributed by atoms with Gasteiger partial charge in [-0.15, -0.1) is 0 Å². The Kier molecular flexibility index (Phi) is 14.4. The number of esters is 2. The van der Waals surface area contributed by atoms with Crippen molar-refractivity contribution in [2.24, 2.45) is 11.8 Å². The van der Waals surface area contributed by atoms with Crippen molar-refractivity contribution in [2.75, 3.05) is 0 Å². The van der Waals surface area contributed by atoms with Crippen LogP contribution in [0.15, 0.2) is 12.2 Å². The summed E-state index contributed by atoms with van der Waals surface area (Å²) in [5, 5.41) is 0. The van der Waals surface area contributed by atoms with Gasteiger partial charge in [0.2, 0.25) is 0 Å². The molecule has 0 bridgehead atoms. The number of ether oxygens (including phenoxy) is 2. The second kappa shape index (κ2) is 14.6. The van der Waals surface area contributed by atoms with Crippen molar-refractivity contribution in [3.63, 3.8) is 0 Å². The highest BCUT2D eigenvalue weighted by Crippen LogP contribution is 2.25. The van der Waals surface area contributed by atoms with Crippen molar-refractivity contribution in [3.05, 3.63) is 12.2 Å². The molecule has 2 atom stereocenters. The fourth-order valence-electron chi connectivity index (χ4n) is 4.31. The molecule has 0 N–H and O–H groups in total. The Morgan fingerprint density at radius 2 is 0.861 bits per heavy atom. The van der Waals surface area contributed by atoms with E-state index in [-0.39, 0.29) is 24.0 Å². The highest BCUT2D eigenvalue weighted by atomic mass is 28.4. The highest BCUT2D eigenvalue weighted by Gasteiger charge is 2.32. The highest BCUT2D eigenvalue weighted by molar-refractivity contribution is 6.84. The minimum absolute atomic E-state index is 0.183. The van der Waals surface area contributed by atoms with E-state index in [0.29, 0.717) is 0 Å². The van der Waals surface area contributed by atoms with Gasteiger partial charge in [0, 0.05) is 12.2 Å². The van der Waals surface area contributed by atoms with Gasteiger partial charge >= 0.3 is 11.9 Å². The lowest BCUT2D eigenvalue weighted by Crippen LogP contribution is -2.43. The Bertz CT molecular complexity index is 661. The molecule has 6 nitrogen and oxygen atoms in total. The summed E-state index contributed by atoms with van der Waals surface area (Å²) < 4.78 is 24.3. The van der Waals surface area contributed by atoms with Crippen molar-refractivity contribution in [2.45, 2.75) is 130 Å². The van der Waals surface area contributed by atoms with Crippen LogP contribution < -0.4 is 0 Å². The summed E-state index contributed by atoms with van der Waals surface area (Å²) in [6, 6.07) is 1.85. The van der Waals surface area contributed by atoms with Gasteiger partial charge in [-0.05, 0) is 102 Å². The molecule has 0 aliphatic carbocycles. The molecule has 0 spiro atoms. The summed E-state index contributed by atoms with van der Waals surface area (Å²) in [4.78, 5) is 25.0. The van der Waals surface area contributed by atoms with E-state index in [0.717, 1.165) is 24.9 Å². The molecular weight excluding hydrogens is 521 g/mol. The van der Waals surface area contributed by atoms with Gasteiger partial charge in [0.25, 0.3) is 0 Å². The molecule has 212 valence electrons. The summed E-state index contributed by atoms with van der Waals surface area (Å²) in [5.41, 5.74) is 0. The van der Waals surface area contributed by atoms with Crippen molar-refractivity contribution >= 4 is 45.2 Å². The molecule has 0 radical (unpaired) electrons. The van der Waals surface area contributed by atoms with Gasteiger partial charge in [0.05, 0.1) is 0 Å². The Balaban J connectivity index is 4.94. The first kappa shape index (κ1) is 35.5. The second-order valence-electron chi connectivity index (χ2n) is 13.8. The Morgan fingerprint density at radius 1 is 0.583 bits per heavy atom. The third-order valence-corrected chi connectivity index (χ3v) is 17.9. The van der Waals surface area contributed by atoms with Gasteiger partial charge in [-0.1, -0.05) is 27.7 Å². The lowest BCUT2D eigenvalue weighted by Gasteiger charge is -2.33. The molecule has 0 aromatic rings. The van der Waals surface area contributed by atoms with Gasteiger partial charge in [0.1, 0.15) is 12.2 Å². The maximum atomic E-state index is 12.5. The molecule has 0 aliphatic rings. The van der Waals surface area contributed by atoms with Crippen LogP contribution in [0.5, 0.6) is 0 Å². The summed E-state index contributed by atoms with van der Waals surface area (Å²) in [5.74, 6) is -0.645. The second-order valence-corrected chi connectivity index (χ2v) is 31.9. The molecule has 36 heavy (non-hydrogen) atoms. The van der Waals surface area contributed by atoms with E-state index in [1.165, 1.54) is 12.2 Å². The largest absolute Gasteiger partial charge is 0.459 e. The topological polar surface area (TPSA) is 71.1 Å². The Hall–Kier alpha value is -0.532. The monoisotopic (exact) mass is 576 g/mol. The lowest BCUT2D eigenvalue weighted by atomic mass is 10.1.